The zero-order valence-corrected chi connectivity index (χ0v) is 14.6. The third-order valence-corrected chi connectivity index (χ3v) is 4.97. The maximum atomic E-state index is 6.26. The van der Waals surface area contributed by atoms with E-state index in [9.17, 15) is 0 Å². The van der Waals surface area contributed by atoms with Gasteiger partial charge in [0, 0.05) is 43.1 Å². The Labute approximate surface area is 146 Å². The lowest BCUT2D eigenvalue weighted by molar-refractivity contribution is 0.643. The summed E-state index contributed by atoms with van der Waals surface area (Å²) in [5, 5.41) is 0.827. The molecular weight excluding hydrogens is 322 g/mol. The van der Waals surface area contributed by atoms with Crippen LogP contribution in [0.15, 0.2) is 30.5 Å². The van der Waals surface area contributed by atoms with Crippen molar-refractivity contribution in [3.63, 3.8) is 0 Å². The summed E-state index contributed by atoms with van der Waals surface area (Å²) in [6.45, 7) is 7.81. The van der Waals surface area contributed by atoms with E-state index in [1.165, 1.54) is 5.69 Å². The highest BCUT2D eigenvalue weighted by Gasteiger charge is 2.20. The molecule has 0 saturated carbocycles. The van der Waals surface area contributed by atoms with Crippen LogP contribution in [0.1, 0.15) is 11.1 Å². The van der Waals surface area contributed by atoms with E-state index in [4.69, 9.17) is 11.6 Å². The van der Waals surface area contributed by atoms with Crippen LogP contribution in [-0.4, -0.2) is 41.1 Å². The van der Waals surface area contributed by atoms with E-state index < -0.39 is 0 Å². The molecule has 1 saturated heterocycles. The van der Waals surface area contributed by atoms with Crippen molar-refractivity contribution >= 4 is 34.4 Å². The van der Waals surface area contributed by atoms with Crippen molar-refractivity contribution in [3.8, 4) is 0 Å². The molecule has 1 fully saturated rings. The van der Waals surface area contributed by atoms with E-state index in [0.717, 1.165) is 59.4 Å². The van der Waals surface area contributed by atoms with E-state index in [1.54, 1.807) is 0 Å². The number of hydrogen-bond acceptors (Lipinski definition) is 4. The number of anilines is 2. The molecule has 0 bridgehead atoms. The fourth-order valence-electron chi connectivity index (χ4n) is 3.10. The number of halogens is 1. The van der Waals surface area contributed by atoms with E-state index >= 15 is 0 Å². The van der Waals surface area contributed by atoms with Crippen LogP contribution in [0.4, 0.5) is 11.6 Å². The van der Waals surface area contributed by atoms with Crippen LogP contribution in [0, 0.1) is 13.8 Å². The molecule has 0 unspecified atom stereocenters. The molecule has 6 heteroatoms. The molecule has 0 aliphatic carbocycles. The Hall–Kier alpha value is -2.27. The monoisotopic (exact) mass is 341 g/mol. The topological polar surface area (TPSA) is 48.1 Å². The number of nitrogens with zero attached hydrogens (tertiary/aromatic N) is 4. The van der Waals surface area contributed by atoms with E-state index in [-0.39, 0.29) is 0 Å². The number of aryl methyl sites for hydroxylation is 2. The van der Waals surface area contributed by atoms with Gasteiger partial charge in [-0.25, -0.2) is 4.98 Å². The number of H-pyrrole nitrogens is 1. The molecule has 1 aliphatic heterocycles. The third-order valence-electron chi connectivity index (χ3n) is 4.56. The van der Waals surface area contributed by atoms with Crippen molar-refractivity contribution in [1.29, 1.82) is 0 Å². The van der Waals surface area contributed by atoms with Gasteiger partial charge in [-0.3, -0.25) is 0 Å². The second-order valence-corrected chi connectivity index (χ2v) is 6.76. The fraction of sp³-hybridized carbons (Fsp3) is 0.333. The fourth-order valence-corrected chi connectivity index (χ4v) is 3.27. The molecule has 3 heterocycles. The van der Waals surface area contributed by atoms with Gasteiger partial charge in [0.15, 0.2) is 5.65 Å². The Morgan fingerprint density at radius 1 is 1.04 bits per heavy atom. The lowest BCUT2D eigenvalue weighted by Gasteiger charge is -2.36. The summed E-state index contributed by atoms with van der Waals surface area (Å²) in [5.74, 6) is 0.907. The summed E-state index contributed by atoms with van der Waals surface area (Å²) in [4.78, 5) is 17.0. The number of benzene rings is 1. The minimum absolute atomic E-state index is 0.781. The number of piperazine rings is 1. The van der Waals surface area contributed by atoms with Crippen molar-refractivity contribution in [2.75, 3.05) is 36.0 Å². The first-order valence-electron chi connectivity index (χ1n) is 8.18. The molecule has 4 rings (SSSR count). The third kappa shape index (κ3) is 2.80. The summed E-state index contributed by atoms with van der Waals surface area (Å²) >= 11 is 6.26. The normalized spacial score (nSPS) is 15.3. The van der Waals surface area contributed by atoms with Gasteiger partial charge in [0.1, 0.15) is 0 Å². The van der Waals surface area contributed by atoms with Gasteiger partial charge in [0.05, 0.1) is 5.52 Å². The quantitative estimate of drug-likeness (QED) is 0.774. The molecule has 0 radical (unpaired) electrons. The molecule has 3 aromatic rings. The van der Waals surface area contributed by atoms with Gasteiger partial charge in [-0.15, -0.1) is 0 Å². The zero-order chi connectivity index (χ0) is 16.7. The maximum Gasteiger partial charge on any atom is 0.205 e. The predicted octanol–water partition coefficient (Wildman–Crippen LogP) is 3.55. The number of rotatable bonds is 2. The van der Waals surface area contributed by atoms with Crippen molar-refractivity contribution in [2.24, 2.45) is 0 Å². The standard InChI is InChI=1S/C18H20ClN5/c1-12-9-16-17(20-11-12)22-18(21-16)24-7-5-23(6-8-24)14-4-3-13(2)15(19)10-14/h3-4,9-11H,5-8H2,1-2H3,(H,20,21,22). The number of aromatic amines is 1. The van der Waals surface area contributed by atoms with Gasteiger partial charge in [0.2, 0.25) is 5.95 Å². The molecule has 1 aromatic carbocycles. The molecule has 1 aliphatic rings. The van der Waals surface area contributed by atoms with Gasteiger partial charge in [-0.05, 0) is 43.2 Å². The summed E-state index contributed by atoms with van der Waals surface area (Å²) in [6.07, 6.45) is 1.85. The molecule has 0 spiro atoms. The van der Waals surface area contributed by atoms with Gasteiger partial charge < -0.3 is 14.8 Å². The van der Waals surface area contributed by atoms with Crippen LogP contribution < -0.4 is 9.80 Å². The molecular formula is C18H20ClN5. The first-order valence-corrected chi connectivity index (χ1v) is 8.56. The summed E-state index contributed by atoms with van der Waals surface area (Å²) in [5.41, 5.74) is 5.22. The van der Waals surface area contributed by atoms with Crippen molar-refractivity contribution in [1.82, 2.24) is 15.0 Å². The van der Waals surface area contributed by atoms with Gasteiger partial charge in [-0.2, -0.15) is 4.98 Å². The van der Waals surface area contributed by atoms with Gasteiger partial charge >= 0.3 is 0 Å². The van der Waals surface area contributed by atoms with Crippen molar-refractivity contribution < 1.29 is 0 Å². The Balaban J connectivity index is 1.49. The number of aromatic nitrogens is 3. The summed E-state index contributed by atoms with van der Waals surface area (Å²) < 4.78 is 0. The summed E-state index contributed by atoms with van der Waals surface area (Å²) in [6, 6.07) is 8.37. The van der Waals surface area contributed by atoms with Crippen LogP contribution in [0.2, 0.25) is 5.02 Å². The van der Waals surface area contributed by atoms with E-state index in [1.807, 2.05) is 20.0 Å². The first kappa shape index (κ1) is 15.3. The molecule has 124 valence electrons. The first-order chi connectivity index (χ1) is 11.6. The van der Waals surface area contributed by atoms with Crippen LogP contribution in [0.5, 0.6) is 0 Å². The Bertz CT molecular complexity index is 880. The maximum absolute atomic E-state index is 6.26. The van der Waals surface area contributed by atoms with Crippen LogP contribution in [0.25, 0.3) is 11.2 Å². The molecule has 1 N–H and O–H groups in total. The highest BCUT2D eigenvalue weighted by Crippen LogP contribution is 2.25. The lowest BCUT2D eigenvalue weighted by atomic mass is 10.2. The van der Waals surface area contributed by atoms with Crippen LogP contribution in [0.3, 0.4) is 0 Å². The molecule has 2 aromatic heterocycles. The number of pyridine rings is 1. The Morgan fingerprint density at radius 2 is 1.79 bits per heavy atom. The Morgan fingerprint density at radius 3 is 2.54 bits per heavy atom. The lowest BCUT2D eigenvalue weighted by Crippen LogP contribution is -2.47. The highest BCUT2D eigenvalue weighted by molar-refractivity contribution is 6.31. The number of imidazole rings is 1. The number of fused-ring (bicyclic) bond motifs is 1. The van der Waals surface area contributed by atoms with E-state index in [0.29, 0.717) is 0 Å². The highest BCUT2D eigenvalue weighted by atomic mass is 35.5. The van der Waals surface area contributed by atoms with Crippen LogP contribution in [-0.2, 0) is 0 Å². The number of hydrogen-bond donors (Lipinski definition) is 1. The van der Waals surface area contributed by atoms with Gasteiger partial charge in [0.25, 0.3) is 0 Å². The molecule has 0 amide bonds. The molecule has 24 heavy (non-hydrogen) atoms. The Kier molecular flexibility index (Phi) is 3.81. The zero-order valence-electron chi connectivity index (χ0n) is 13.9. The molecule has 5 nitrogen and oxygen atoms in total. The van der Waals surface area contributed by atoms with E-state index in [2.05, 4.69) is 49.0 Å². The second-order valence-electron chi connectivity index (χ2n) is 6.35. The van der Waals surface area contributed by atoms with Crippen LogP contribution >= 0.6 is 11.6 Å². The predicted molar refractivity (Wildman–Crippen MR) is 99.2 cm³/mol. The average Bonchev–Trinajstić information content (AvgIpc) is 3.00. The minimum Gasteiger partial charge on any atom is -0.368 e. The SMILES string of the molecule is Cc1cnc2nc(N3CCN(c4ccc(C)c(Cl)c4)CC3)[nH]c2c1. The van der Waals surface area contributed by atoms with Crippen molar-refractivity contribution in [3.05, 3.63) is 46.6 Å². The number of nitrogens with one attached hydrogen (secondary N) is 1. The second kappa shape index (κ2) is 5.98. The largest absolute Gasteiger partial charge is 0.368 e. The van der Waals surface area contributed by atoms with Crippen molar-refractivity contribution in [2.45, 2.75) is 13.8 Å². The molecule has 0 atom stereocenters. The smallest absolute Gasteiger partial charge is 0.205 e. The summed E-state index contributed by atoms with van der Waals surface area (Å²) in [7, 11) is 0. The minimum atomic E-state index is 0.781. The van der Waals surface area contributed by atoms with Gasteiger partial charge in [-0.1, -0.05) is 17.7 Å². The average molecular weight is 342 g/mol.